The summed E-state index contributed by atoms with van der Waals surface area (Å²) < 4.78 is 0. The second kappa shape index (κ2) is 9.38. The van der Waals surface area contributed by atoms with Crippen LogP contribution in [0.5, 0.6) is 0 Å². The molecule has 8 heteroatoms. The Kier molecular flexibility index (Phi) is 6.15. The first-order valence-corrected chi connectivity index (χ1v) is 12.3. The number of aromatic amines is 1. The summed E-state index contributed by atoms with van der Waals surface area (Å²) in [6.07, 6.45) is 3.50. The van der Waals surface area contributed by atoms with E-state index in [0.717, 1.165) is 46.2 Å². The Labute approximate surface area is 201 Å². The van der Waals surface area contributed by atoms with Crippen molar-refractivity contribution in [2.75, 3.05) is 11.4 Å². The van der Waals surface area contributed by atoms with Gasteiger partial charge in [0.15, 0.2) is 0 Å². The summed E-state index contributed by atoms with van der Waals surface area (Å²) in [6.45, 7) is 6.16. The molecule has 0 bridgehead atoms. The Morgan fingerprint density at radius 1 is 1.18 bits per heavy atom. The van der Waals surface area contributed by atoms with E-state index in [2.05, 4.69) is 49.4 Å². The number of anilines is 1. The highest BCUT2D eigenvalue weighted by molar-refractivity contribution is 7.18. The summed E-state index contributed by atoms with van der Waals surface area (Å²) in [6, 6.07) is 12.6. The zero-order valence-corrected chi connectivity index (χ0v) is 20.2. The van der Waals surface area contributed by atoms with Gasteiger partial charge in [-0.1, -0.05) is 30.3 Å². The highest BCUT2D eigenvalue weighted by atomic mass is 32.1. The van der Waals surface area contributed by atoms with Gasteiger partial charge in [-0.15, -0.1) is 11.3 Å². The number of carbonyl (C=O) groups excluding carboxylic acids is 1. The molecule has 4 heterocycles. The van der Waals surface area contributed by atoms with Crippen molar-refractivity contribution in [1.29, 1.82) is 0 Å². The normalized spacial score (nSPS) is 13.2. The number of benzene rings is 1. The smallest absolute Gasteiger partial charge is 0.259 e. The lowest BCUT2D eigenvalue weighted by Gasteiger charge is -2.29. The first kappa shape index (κ1) is 22.3. The summed E-state index contributed by atoms with van der Waals surface area (Å²) in [5, 5.41) is 3.59. The number of hydrogen-bond donors (Lipinski definition) is 2. The summed E-state index contributed by atoms with van der Waals surface area (Å²) in [7, 11) is 0. The Bertz CT molecular complexity index is 1410. The topological polar surface area (TPSA) is 91.0 Å². The van der Waals surface area contributed by atoms with Crippen molar-refractivity contribution in [3.05, 3.63) is 85.9 Å². The van der Waals surface area contributed by atoms with Crippen molar-refractivity contribution in [3.8, 4) is 0 Å². The summed E-state index contributed by atoms with van der Waals surface area (Å²) in [4.78, 5) is 40.9. The fourth-order valence-electron chi connectivity index (χ4n) is 4.34. The van der Waals surface area contributed by atoms with Crippen molar-refractivity contribution in [2.24, 2.45) is 0 Å². The maximum atomic E-state index is 12.4. The number of hydrogen-bond acceptors (Lipinski definition) is 6. The third-order valence-electron chi connectivity index (χ3n) is 6.43. The minimum absolute atomic E-state index is 0.0852. The highest BCUT2D eigenvalue weighted by Gasteiger charge is 2.17. The first-order chi connectivity index (χ1) is 16.5. The average molecular weight is 474 g/mol. The number of carbonyl (C=O) groups is 1. The van der Waals surface area contributed by atoms with Crippen LogP contribution in [0.2, 0.25) is 0 Å². The molecule has 1 aromatic carbocycles. The number of H-pyrrole nitrogens is 1. The van der Waals surface area contributed by atoms with Gasteiger partial charge in [0.1, 0.15) is 16.5 Å². The number of amides is 1. The average Bonchev–Trinajstić information content (AvgIpc) is 3.15. The number of thiophene rings is 1. The molecule has 1 aliphatic rings. The molecule has 5 rings (SSSR count). The van der Waals surface area contributed by atoms with Gasteiger partial charge in [0.05, 0.1) is 5.39 Å². The Morgan fingerprint density at radius 2 is 2.00 bits per heavy atom. The molecule has 0 saturated carbocycles. The molecule has 2 N–H and O–H groups in total. The zero-order valence-electron chi connectivity index (χ0n) is 19.4. The predicted molar refractivity (Wildman–Crippen MR) is 135 cm³/mol. The van der Waals surface area contributed by atoms with E-state index in [-0.39, 0.29) is 17.9 Å². The molecular weight excluding hydrogens is 446 g/mol. The van der Waals surface area contributed by atoms with Crippen LogP contribution in [0, 0.1) is 13.8 Å². The van der Waals surface area contributed by atoms with Crippen LogP contribution < -0.4 is 15.8 Å². The third kappa shape index (κ3) is 4.59. The molecular formula is C26H27N5O2S. The molecule has 0 radical (unpaired) electrons. The molecule has 0 fully saturated rings. The number of pyridine rings is 1. The highest BCUT2D eigenvalue weighted by Crippen LogP contribution is 2.26. The van der Waals surface area contributed by atoms with E-state index in [1.165, 1.54) is 22.5 Å². The van der Waals surface area contributed by atoms with Gasteiger partial charge in [0.25, 0.3) is 5.56 Å². The van der Waals surface area contributed by atoms with E-state index in [1.54, 1.807) is 0 Å². The third-order valence-corrected chi connectivity index (χ3v) is 7.53. The van der Waals surface area contributed by atoms with E-state index in [1.807, 2.05) is 32.2 Å². The quantitative estimate of drug-likeness (QED) is 0.444. The number of aromatic nitrogens is 3. The number of nitrogens with one attached hydrogen (secondary N) is 2. The Hall–Kier alpha value is -3.52. The zero-order chi connectivity index (χ0) is 23.7. The van der Waals surface area contributed by atoms with Crippen LogP contribution >= 0.6 is 11.3 Å². The second-order valence-corrected chi connectivity index (χ2v) is 9.92. The van der Waals surface area contributed by atoms with Gasteiger partial charge in [-0.05, 0) is 48.6 Å². The molecule has 7 nitrogen and oxygen atoms in total. The summed E-state index contributed by atoms with van der Waals surface area (Å²) in [5.41, 5.74) is 4.56. The molecule has 34 heavy (non-hydrogen) atoms. The lowest BCUT2D eigenvalue weighted by Crippen LogP contribution is -2.31. The molecule has 1 aliphatic heterocycles. The number of fused-ring (bicyclic) bond motifs is 2. The van der Waals surface area contributed by atoms with Gasteiger partial charge in [-0.3, -0.25) is 9.59 Å². The molecule has 1 amide bonds. The molecule has 4 aromatic rings. The van der Waals surface area contributed by atoms with Crippen LogP contribution in [0.25, 0.3) is 10.2 Å². The Morgan fingerprint density at radius 3 is 2.79 bits per heavy atom. The van der Waals surface area contributed by atoms with E-state index >= 15 is 0 Å². The fourth-order valence-corrected chi connectivity index (χ4v) is 5.39. The number of aryl methyl sites for hydroxylation is 3. The fraction of sp³-hybridized carbons (Fsp3) is 0.308. The summed E-state index contributed by atoms with van der Waals surface area (Å²) >= 11 is 1.51. The predicted octanol–water partition coefficient (Wildman–Crippen LogP) is 3.81. The van der Waals surface area contributed by atoms with Gasteiger partial charge in [-0.2, -0.15) is 0 Å². The van der Waals surface area contributed by atoms with Crippen molar-refractivity contribution in [1.82, 2.24) is 20.3 Å². The largest absolute Gasteiger partial charge is 0.352 e. The number of nitrogens with zero attached hydrogens (tertiary/aromatic N) is 3. The standard InChI is InChI=1S/C26H27N5O2S/c1-16-17(2)34-26-24(16)25(33)29-21(30-26)8-10-23(32)28-14-18-7-9-22(27-13-18)31-12-11-19-5-3-4-6-20(19)15-31/h3-7,9,13H,8,10-12,14-15H2,1-2H3,(H,28,32)(H,29,30,33). The van der Waals surface area contributed by atoms with Gasteiger partial charge < -0.3 is 15.2 Å². The maximum absolute atomic E-state index is 12.4. The van der Waals surface area contributed by atoms with Crippen LogP contribution in [0.3, 0.4) is 0 Å². The van der Waals surface area contributed by atoms with Crippen molar-refractivity contribution >= 4 is 33.3 Å². The monoisotopic (exact) mass is 473 g/mol. The molecule has 174 valence electrons. The maximum Gasteiger partial charge on any atom is 0.259 e. The van der Waals surface area contributed by atoms with Crippen LogP contribution in [-0.4, -0.2) is 27.4 Å². The van der Waals surface area contributed by atoms with Crippen LogP contribution in [0.1, 0.15) is 39.4 Å². The molecule has 0 atom stereocenters. The van der Waals surface area contributed by atoms with Gasteiger partial charge in [-0.25, -0.2) is 9.97 Å². The number of rotatable bonds is 6. The lowest BCUT2D eigenvalue weighted by atomic mass is 10.00. The van der Waals surface area contributed by atoms with E-state index < -0.39 is 0 Å². The minimum atomic E-state index is -0.134. The van der Waals surface area contributed by atoms with E-state index in [9.17, 15) is 9.59 Å². The van der Waals surface area contributed by atoms with E-state index in [4.69, 9.17) is 0 Å². The van der Waals surface area contributed by atoms with Crippen molar-refractivity contribution in [2.45, 2.75) is 46.2 Å². The summed E-state index contributed by atoms with van der Waals surface area (Å²) in [5.74, 6) is 1.41. The molecule has 3 aromatic heterocycles. The van der Waals surface area contributed by atoms with E-state index in [0.29, 0.717) is 24.2 Å². The van der Waals surface area contributed by atoms with Crippen molar-refractivity contribution < 1.29 is 4.79 Å². The van der Waals surface area contributed by atoms with Gasteiger partial charge in [0, 0.05) is 43.5 Å². The molecule has 0 saturated heterocycles. The van der Waals surface area contributed by atoms with Crippen LogP contribution in [-0.2, 0) is 30.7 Å². The minimum Gasteiger partial charge on any atom is -0.352 e. The van der Waals surface area contributed by atoms with Crippen molar-refractivity contribution in [3.63, 3.8) is 0 Å². The molecule has 0 aliphatic carbocycles. The van der Waals surface area contributed by atoms with Crippen LogP contribution in [0.15, 0.2) is 47.4 Å². The van der Waals surface area contributed by atoms with Crippen LogP contribution in [0.4, 0.5) is 5.82 Å². The molecule has 0 spiro atoms. The van der Waals surface area contributed by atoms with Gasteiger partial charge >= 0.3 is 0 Å². The van der Waals surface area contributed by atoms with Gasteiger partial charge in [0.2, 0.25) is 5.91 Å². The SMILES string of the molecule is Cc1sc2nc(CCC(=O)NCc3ccc(N4CCc5ccccc5C4)nc3)[nH]c(=O)c2c1C. The Balaban J connectivity index is 1.14. The first-order valence-electron chi connectivity index (χ1n) is 11.5. The molecule has 0 unspecified atom stereocenters. The second-order valence-electron chi connectivity index (χ2n) is 8.72. The lowest BCUT2D eigenvalue weighted by molar-refractivity contribution is -0.121.